The van der Waals surface area contributed by atoms with Gasteiger partial charge in [-0.3, -0.25) is 19.3 Å². The van der Waals surface area contributed by atoms with Gasteiger partial charge in [0.05, 0.1) is 23.1 Å². The summed E-state index contributed by atoms with van der Waals surface area (Å²) in [5, 5.41) is 2.75. The summed E-state index contributed by atoms with van der Waals surface area (Å²) in [7, 11) is 0. The molecule has 2 fully saturated rings. The van der Waals surface area contributed by atoms with Gasteiger partial charge in [-0.25, -0.2) is 4.79 Å². The smallest absolute Gasteiger partial charge is 0.338 e. The highest BCUT2D eigenvalue weighted by atomic mass is 79.9. The molecule has 1 heterocycles. The first kappa shape index (κ1) is 24.1. The number of hydrogen-bond acceptors (Lipinski definition) is 5. The molecule has 0 bridgehead atoms. The van der Waals surface area contributed by atoms with Crippen LogP contribution in [0, 0.1) is 31.6 Å². The highest BCUT2D eigenvalue weighted by molar-refractivity contribution is 9.10. The molecule has 0 aromatic heterocycles. The maximum atomic E-state index is 12.9. The number of nitrogens with one attached hydrogen (secondary N) is 1. The maximum Gasteiger partial charge on any atom is 0.338 e. The number of carbonyl (C=O) groups is 4. The molecule has 34 heavy (non-hydrogen) atoms. The van der Waals surface area contributed by atoms with E-state index in [-0.39, 0.29) is 29.2 Å². The molecular weight excluding hydrogens is 500 g/mol. The van der Waals surface area contributed by atoms with Crippen LogP contribution in [-0.2, 0) is 19.1 Å². The van der Waals surface area contributed by atoms with E-state index in [0.717, 1.165) is 34.9 Å². The lowest BCUT2D eigenvalue weighted by Gasteiger charge is -2.25. The number of hydrogen-bond donors (Lipinski definition) is 1. The number of amides is 3. The number of benzene rings is 2. The van der Waals surface area contributed by atoms with Crippen LogP contribution in [0.15, 0.2) is 40.9 Å². The summed E-state index contributed by atoms with van der Waals surface area (Å²) < 4.78 is 6.09. The minimum atomic E-state index is -0.660. The van der Waals surface area contributed by atoms with Crippen molar-refractivity contribution in [3.05, 3.63) is 57.6 Å². The van der Waals surface area contributed by atoms with Crippen LogP contribution in [0.2, 0.25) is 0 Å². The Morgan fingerprint density at radius 2 is 1.71 bits per heavy atom. The average Bonchev–Trinajstić information content (AvgIpc) is 3.05. The topological polar surface area (TPSA) is 92.8 Å². The van der Waals surface area contributed by atoms with Gasteiger partial charge in [-0.15, -0.1) is 0 Å². The second-order valence-corrected chi connectivity index (χ2v) is 10.1. The van der Waals surface area contributed by atoms with Gasteiger partial charge in [-0.2, -0.15) is 0 Å². The first-order valence-corrected chi connectivity index (χ1v) is 12.2. The van der Waals surface area contributed by atoms with Gasteiger partial charge in [0.2, 0.25) is 11.8 Å². The second kappa shape index (κ2) is 9.70. The van der Waals surface area contributed by atoms with Crippen LogP contribution in [0.5, 0.6) is 0 Å². The summed E-state index contributed by atoms with van der Waals surface area (Å²) in [6.07, 6.45) is 2.42. The highest BCUT2D eigenvalue weighted by Crippen LogP contribution is 2.42. The summed E-state index contributed by atoms with van der Waals surface area (Å²) in [6.45, 7) is 5.47. The average molecular weight is 527 g/mol. The second-order valence-electron chi connectivity index (χ2n) is 9.23. The monoisotopic (exact) mass is 526 g/mol. The minimum Gasteiger partial charge on any atom is -0.452 e. The summed E-state index contributed by atoms with van der Waals surface area (Å²) in [4.78, 5) is 51.6. The van der Waals surface area contributed by atoms with E-state index in [1.54, 1.807) is 12.1 Å². The van der Waals surface area contributed by atoms with Crippen molar-refractivity contribution in [1.29, 1.82) is 0 Å². The van der Waals surface area contributed by atoms with Gasteiger partial charge in [-0.1, -0.05) is 22.9 Å². The van der Waals surface area contributed by atoms with E-state index in [1.165, 1.54) is 17.0 Å². The molecule has 2 aromatic rings. The van der Waals surface area contributed by atoms with E-state index in [4.69, 9.17) is 4.74 Å². The molecule has 1 N–H and O–H groups in total. The first-order valence-electron chi connectivity index (χ1n) is 11.4. The van der Waals surface area contributed by atoms with Crippen LogP contribution in [0.4, 0.5) is 11.4 Å². The van der Waals surface area contributed by atoms with Crippen LogP contribution in [0.3, 0.4) is 0 Å². The SMILES string of the molecule is Cc1cc(NC(=O)COC(=O)c2ccc(N3C(=O)[C@@H]4CC[C@H](C)C[C@H]4C3=O)cc2)c(C)cc1Br. The lowest BCUT2D eigenvalue weighted by Crippen LogP contribution is -2.30. The van der Waals surface area contributed by atoms with Crippen molar-refractivity contribution < 1.29 is 23.9 Å². The zero-order valence-electron chi connectivity index (χ0n) is 19.4. The zero-order valence-corrected chi connectivity index (χ0v) is 21.0. The Kier molecular flexibility index (Phi) is 6.89. The van der Waals surface area contributed by atoms with Gasteiger partial charge in [0, 0.05) is 10.2 Å². The van der Waals surface area contributed by atoms with Gasteiger partial charge >= 0.3 is 5.97 Å². The summed E-state index contributed by atoms with van der Waals surface area (Å²) in [5.74, 6) is -1.49. The predicted molar refractivity (Wildman–Crippen MR) is 131 cm³/mol. The quantitative estimate of drug-likeness (QED) is 0.446. The van der Waals surface area contributed by atoms with Gasteiger partial charge in [-0.05, 0) is 86.6 Å². The summed E-state index contributed by atoms with van der Waals surface area (Å²) >= 11 is 3.45. The first-order chi connectivity index (χ1) is 16.2. The van der Waals surface area contributed by atoms with Crippen molar-refractivity contribution in [1.82, 2.24) is 0 Å². The number of ether oxygens (including phenoxy) is 1. The van der Waals surface area contributed by atoms with Crippen LogP contribution < -0.4 is 10.2 Å². The lowest BCUT2D eigenvalue weighted by atomic mass is 9.76. The van der Waals surface area contributed by atoms with Crippen molar-refractivity contribution in [2.45, 2.75) is 40.0 Å². The molecule has 1 saturated heterocycles. The fourth-order valence-corrected chi connectivity index (χ4v) is 5.16. The molecule has 7 nitrogen and oxygen atoms in total. The van der Waals surface area contributed by atoms with Crippen LogP contribution in [0.1, 0.15) is 47.7 Å². The van der Waals surface area contributed by atoms with Crippen LogP contribution >= 0.6 is 15.9 Å². The molecule has 8 heteroatoms. The molecular formula is C26H27BrN2O5. The number of halogens is 1. The molecule has 2 aliphatic rings. The normalized spacial score (nSPS) is 21.9. The number of carbonyl (C=O) groups excluding carboxylic acids is 4. The molecule has 1 aliphatic carbocycles. The number of imide groups is 1. The maximum absolute atomic E-state index is 12.9. The fourth-order valence-electron chi connectivity index (χ4n) is 4.71. The van der Waals surface area contributed by atoms with E-state index < -0.39 is 18.5 Å². The number of anilines is 2. The predicted octanol–water partition coefficient (Wildman–Crippen LogP) is 4.79. The number of rotatable bonds is 5. The lowest BCUT2D eigenvalue weighted by molar-refractivity contribution is -0.122. The molecule has 0 unspecified atom stereocenters. The van der Waals surface area contributed by atoms with Gasteiger partial charge in [0.15, 0.2) is 6.61 Å². The third kappa shape index (κ3) is 4.78. The summed E-state index contributed by atoms with van der Waals surface area (Å²) in [5.41, 5.74) is 3.19. The number of fused-ring (bicyclic) bond motifs is 1. The molecule has 4 rings (SSSR count). The van der Waals surface area contributed by atoms with Gasteiger partial charge in [0.1, 0.15) is 0 Å². The Bertz CT molecular complexity index is 1160. The molecule has 0 spiro atoms. The molecule has 178 valence electrons. The van der Waals surface area contributed by atoms with E-state index in [0.29, 0.717) is 17.3 Å². The van der Waals surface area contributed by atoms with Crippen molar-refractivity contribution in [2.75, 3.05) is 16.8 Å². The van der Waals surface area contributed by atoms with Crippen molar-refractivity contribution in [2.24, 2.45) is 17.8 Å². The van der Waals surface area contributed by atoms with Gasteiger partial charge < -0.3 is 10.1 Å². The Balaban J connectivity index is 1.36. The highest BCUT2D eigenvalue weighted by Gasteiger charge is 2.49. The van der Waals surface area contributed by atoms with E-state index in [9.17, 15) is 19.2 Å². The number of aryl methyl sites for hydroxylation is 2. The minimum absolute atomic E-state index is 0.160. The Morgan fingerprint density at radius 1 is 1.03 bits per heavy atom. The van der Waals surface area contributed by atoms with Gasteiger partial charge in [0.25, 0.3) is 5.91 Å². The van der Waals surface area contributed by atoms with E-state index in [1.807, 2.05) is 26.0 Å². The third-order valence-electron chi connectivity index (χ3n) is 6.66. The number of esters is 1. The molecule has 3 atom stereocenters. The molecule has 2 aromatic carbocycles. The summed E-state index contributed by atoms with van der Waals surface area (Å²) in [6, 6.07) is 9.90. The van der Waals surface area contributed by atoms with Crippen molar-refractivity contribution in [3.63, 3.8) is 0 Å². The van der Waals surface area contributed by atoms with Crippen molar-refractivity contribution >= 4 is 51.0 Å². The zero-order chi connectivity index (χ0) is 24.6. The van der Waals surface area contributed by atoms with Crippen LogP contribution in [-0.4, -0.2) is 30.3 Å². The molecule has 0 radical (unpaired) electrons. The van der Waals surface area contributed by atoms with Crippen LogP contribution in [0.25, 0.3) is 0 Å². The molecule has 1 aliphatic heterocycles. The third-order valence-corrected chi connectivity index (χ3v) is 7.52. The van der Waals surface area contributed by atoms with Crippen molar-refractivity contribution in [3.8, 4) is 0 Å². The van der Waals surface area contributed by atoms with E-state index >= 15 is 0 Å². The molecule has 3 amide bonds. The number of nitrogens with zero attached hydrogens (tertiary/aromatic N) is 1. The largest absolute Gasteiger partial charge is 0.452 e. The Labute approximate surface area is 207 Å². The van der Waals surface area contributed by atoms with E-state index in [2.05, 4.69) is 28.2 Å². The standard InChI is InChI=1S/C26H27BrN2O5/c1-14-4-9-19-20(10-14)25(32)29(24(19)31)18-7-5-17(6-8-18)26(33)34-13-23(30)28-22-12-15(2)21(27)11-16(22)3/h5-8,11-12,14,19-20H,4,9-10,13H2,1-3H3,(H,28,30)/t14-,19+,20+/m0/s1. The molecule has 1 saturated carbocycles. The Hall–Kier alpha value is -3.00. The fraction of sp³-hybridized carbons (Fsp3) is 0.385. The Morgan fingerprint density at radius 3 is 2.41 bits per heavy atom.